The summed E-state index contributed by atoms with van der Waals surface area (Å²) in [7, 11) is 0. The molecule has 1 aliphatic rings. The van der Waals surface area contributed by atoms with Crippen LogP contribution in [0, 0.1) is 5.92 Å². The predicted octanol–water partition coefficient (Wildman–Crippen LogP) is 2.89. The second-order valence-corrected chi connectivity index (χ2v) is 7.63. The van der Waals surface area contributed by atoms with Crippen molar-refractivity contribution in [2.75, 3.05) is 19.6 Å². The number of carbonyl (C=O) groups is 2. The van der Waals surface area contributed by atoms with Gasteiger partial charge in [0.1, 0.15) is 0 Å². The monoisotopic (exact) mass is 390 g/mol. The van der Waals surface area contributed by atoms with Crippen LogP contribution in [0.1, 0.15) is 44.9 Å². The van der Waals surface area contributed by atoms with Crippen LogP contribution >= 0.6 is 11.3 Å². The van der Waals surface area contributed by atoms with Gasteiger partial charge in [-0.3, -0.25) is 9.59 Å². The van der Waals surface area contributed by atoms with E-state index in [9.17, 15) is 9.59 Å². The van der Waals surface area contributed by atoms with E-state index in [1.54, 1.807) is 16.2 Å². The van der Waals surface area contributed by atoms with Crippen molar-refractivity contribution in [1.82, 2.24) is 20.4 Å². The Hall–Kier alpha value is -2.22. The molecule has 0 aliphatic carbocycles. The molecule has 0 radical (unpaired) electrons. The summed E-state index contributed by atoms with van der Waals surface area (Å²) < 4.78 is 5.25. The van der Waals surface area contributed by atoms with E-state index in [1.807, 2.05) is 16.8 Å². The molecule has 7 nitrogen and oxygen atoms in total. The maximum Gasteiger partial charge on any atom is 0.227 e. The van der Waals surface area contributed by atoms with Crippen LogP contribution in [0.5, 0.6) is 0 Å². The van der Waals surface area contributed by atoms with E-state index in [2.05, 4.69) is 22.4 Å². The molecule has 2 aromatic heterocycles. The first-order valence-electron chi connectivity index (χ1n) is 9.58. The molecule has 1 aliphatic heterocycles. The summed E-state index contributed by atoms with van der Waals surface area (Å²) in [6.45, 7) is 4.02. The predicted molar refractivity (Wildman–Crippen MR) is 103 cm³/mol. The van der Waals surface area contributed by atoms with Gasteiger partial charge in [0.05, 0.1) is 5.92 Å². The molecule has 2 amide bonds. The highest BCUT2D eigenvalue weighted by Crippen LogP contribution is 2.20. The number of carbonyl (C=O) groups excluding carboxylic acids is 2. The molecule has 3 rings (SSSR count). The Morgan fingerprint density at radius 1 is 1.44 bits per heavy atom. The molecule has 1 unspecified atom stereocenters. The molecule has 1 fully saturated rings. The Kier molecular flexibility index (Phi) is 6.98. The van der Waals surface area contributed by atoms with Gasteiger partial charge in [0.25, 0.3) is 0 Å². The number of aryl methyl sites for hydroxylation is 1. The molecule has 8 heteroatoms. The fraction of sp³-hybridized carbons (Fsp3) is 0.579. The molecule has 1 atom stereocenters. The number of amides is 2. The fourth-order valence-corrected chi connectivity index (χ4v) is 3.82. The molecule has 1 saturated heterocycles. The Bertz CT molecular complexity index is 744. The maximum absolute atomic E-state index is 12.5. The fourth-order valence-electron chi connectivity index (χ4n) is 3.19. The molecule has 146 valence electrons. The van der Waals surface area contributed by atoms with Gasteiger partial charge in [0, 0.05) is 43.4 Å². The number of piperidine rings is 1. The lowest BCUT2D eigenvalue weighted by Crippen LogP contribution is -2.45. The Labute approximate surface area is 163 Å². The third-order valence-electron chi connectivity index (χ3n) is 4.77. The van der Waals surface area contributed by atoms with Gasteiger partial charge in [0.15, 0.2) is 0 Å². The number of nitrogens with one attached hydrogen (secondary N) is 1. The van der Waals surface area contributed by atoms with Crippen LogP contribution in [0.25, 0.3) is 11.4 Å². The first-order chi connectivity index (χ1) is 13.2. The standard InChI is InChI=1S/C19H26N4O3S/c1-2-3-9-20-19(25)14-5-4-10-23(12-14)17(24)7-6-16-21-18(22-26-16)15-8-11-27-13-15/h8,11,13-14H,2-7,9-10,12H2,1H3,(H,20,25). The molecule has 27 heavy (non-hydrogen) atoms. The van der Waals surface area contributed by atoms with Gasteiger partial charge >= 0.3 is 0 Å². The minimum absolute atomic E-state index is 0.0383. The van der Waals surface area contributed by atoms with Crippen molar-refractivity contribution in [3.63, 3.8) is 0 Å². The molecular weight excluding hydrogens is 364 g/mol. The van der Waals surface area contributed by atoms with Gasteiger partial charge in [-0.2, -0.15) is 16.3 Å². The first-order valence-corrected chi connectivity index (χ1v) is 10.5. The van der Waals surface area contributed by atoms with Gasteiger partial charge in [-0.25, -0.2) is 0 Å². The Morgan fingerprint density at radius 3 is 3.11 bits per heavy atom. The van der Waals surface area contributed by atoms with E-state index < -0.39 is 0 Å². The van der Waals surface area contributed by atoms with Crippen LogP contribution in [-0.4, -0.2) is 46.5 Å². The van der Waals surface area contributed by atoms with Crippen LogP contribution in [-0.2, 0) is 16.0 Å². The number of aromatic nitrogens is 2. The topological polar surface area (TPSA) is 88.3 Å². The van der Waals surface area contributed by atoms with Crippen molar-refractivity contribution in [2.24, 2.45) is 5.92 Å². The van der Waals surface area contributed by atoms with E-state index in [-0.39, 0.29) is 17.7 Å². The number of hydrogen-bond donors (Lipinski definition) is 1. The van der Waals surface area contributed by atoms with Crippen LogP contribution in [0.4, 0.5) is 0 Å². The Balaban J connectivity index is 1.47. The molecule has 1 N–H and O–H groups in total. The van der Waals surface area contributed by atoms with Crippen LogP contribution in [0.2, 0.25) is 0 Å². The zero-order valence-electron chi connectivity index (χ0n) is 15.6. The summed E-state index contributed by atoms with van der Waals surface area (Å²) in [5.74, 6) is 1.03. The lowest BCUT2D eigenvalue weighted by atomic mass is 9.96. The van der Waals surface area contributed by atoms with Gasteiger partial charge in [-0.15, -0.1) is 0 Å². The zero-order chi connectivity index (χ0) is 19.1. The van der Waals surface area contributed by atoms with E-state index in [1.165, 1.54) is 0 Å². The number of likely N-dealkylation sites (tertiary alicyclic amines) is 1. The third-order valence-corrected chi connectivity index (χ3v) is 5.46. The van der Waals surface area contributed by atoms with Gasteiger partial charge in [0.2, 0.25) is 23.5 Å². The van der Waals surface area contributed by atoms with E-state index in [4.69, 9.17) is 4.52 Å². The average molecular weight is 391 g/mol. The SMILES string of the molecule is CCCCNC(=O)C1CCCN(C(=O)CCc2nc(-c3ccsc3)no2)C1. The molecule has 0 saturated carbocycles. The maximum atomic E-state index is 12.5. The van der Waals surface area contributed by atoms with E-state index in [0.717, 1.165) is 31.2 Å². The lowest BCUT2D eigenvalue weighted by molar-refractivity contribution is -0.135. The smallest absolute Gasteiger partial charge is 0.227 e. The average Bonchev–Trinajstić information content (AvgIpc) is 3.38. The molecule has 3 heterocycles. The minimum Gasteiger partial charge on any atom is -0.356 e. The molecule has 0 aromatic carbocycles. The number of rotatable bonds is 8. The largest absolute Gasteiger partial charge is 0.356 e. The summed E-state index contributed by atoms with van der Waals surface area (Å²) in [4.78, 5) is 30.9. The molecular formula is C19H26N4O3S. The van der Waals surface area contributed by atoms with Crippen LogP contribution in [0.3, 0.4) is 0 Å². The van der Waals surface area contributed by atoms with Crippen LogP contribution in [0.15, 0.2) is 21.3 Å². The zero-order valence-corrected chi connectivity index (χ0v) is 16.5. The quantitative estimate of drug-likeness (QED) is 0.700. The van der Waals surface area contributed by atoms with Crippen molar-refractivity contribution < 1.29 is 14.1 Å². The second-order valence-electron chi connectivity index (χ2n) is 6.85. The van der Waals surface area contributed by atoms with Gasteiger partial charge in [-0.05, 0) is 30.7 Å². The highest BCUT2D eigenvalue weighted by molar-refractivity contribution is 7.08. The summed E-state index contributed by atoms with van der Waals surface area (Å²) in [5, 5.41) is 10.9. The minimum atomic E-state index is -0.104. The van der Waals surface area contributed by atoms with Crippen molar-refractivity contribution in [1.29, 1.82) is 0 Å². The molecule has 2 aromatic rings. The highest BCUT2D eigenvalue weighted by Gasteiger charge is 2.28. The molecule has 0 bridgehead atoms. The van der Waals surface area contributed by atoms with Crippen LogP contribution < -0.4 is 5.32 Å². The lowest BCUT2D eigenvalue weighted by Gasteiger charge is -2.32. The summed E-state index contributed by atoms with van der Waals surface area (Å²) in [6.07, 6.45) is 4.48. The summed E-state index contributed by atoms with van der Waals surface area (Å²) >= 11 is 1.57. The summed E-state index contributed by atoms with van der Waals surface area (Å²) in [5.41, 5.74) is 0.925. The van der Waals surface area contributed by atoms with Crippen molar-refractivity contribution in [3.8, 4) is 11.4 Å². The van der Waals surface area contributed by atoms with E-state index in [0.29, 0.717) is 44.2 Å². The number of unbranched alkanes of at least 4 members (excludes halogenated alkanes) is 1. The Morgan fingerprint density at radius 2 is 2.33 bits per heavy atom. The molecule has 0 spiro atoms. The number of nitrogens with zero attached hydrogens (tertiary/aromatic N) is 3. The second kappa shape index (κ2) is 9.64. The van der Waals surface area contributed by atoms with Gasteiger partial charge < -0.3 is 14.7 Å². The number of hydrogen-bond acceptors (Lipinski definition) is 6. The van der Waals surface area contributed by atoms with Crippen molar-refractivity contribution >= 4 is 23.2 Å². The van der Waals surface area contributed by atoms with Gasteiger partial charge in [-0.1, -0.05) is 18.5 Å². The van der Waals surface area contributed by atoms with Crippen molar-refractivity contribution in [2.45, 2.75) is 45.4 Å². The highest BCUT2D eigenvalue weighted by atomic mass is 32.1. The van der Waals surface area contributed by atoms with E-state index >= 15 is 0 Å². The van der Waals surface area contributed by atoms with Crippen molar-refractivity contribution in [3.05, 3.63) is 22.7 Å². The first kappa shape index (κ1) is 19.5. The normalized spacial score (nSPS) is 17.1. The third kappa shape index (κ3) is 5.38. The summed E-state index contributed by atoms with van der Waals surface area (Å²) in [6, 6.07) is 1.93. The number of thiophene rings is 1.